The number of carbonyl (C=O) groups is 2. The lowest BCUT2D eigenvalue weighted by atomic mass is 10.3. The van der Waals surface area contributed by atoms with Crippen molar-refractivity contribution in [2.45, 2.75) is 24.2 Å². The minimum atomic E-state index is -6.05. The first kappa shape index (κ1) is 38.0. The molecule has 0 aliphatic rings. The molecular weight excluding hydrogens is 590 g/mol. The predicted octanol–water partition coefficient (Wildman–Crippen LogP) is 2.57. The maximum absolute atomic E-state index is 12.6. The van der Waals surface area contributed by atoms with Gasteiger partial charge in [0.05, 0.1) is 79.3 Å². The molecule has 0 radical (unpaired) electrons. The zero-order chi connectivity index (χ0) is 30.7. The number of alkyl halides is 10. The zero-order valence-electron chi connectivity index (χ0n) is 20.8. The smallest absolute Gasteiger partial charge is 0.459 e. The van der Waals surface area contributed by atoms with Crippen LogP contribution in [-0.2, 0) is 47.5 Å². The lowest BCUT2D eigenvalue weighted by Crippen LogP contribution is -2.45. The number of esters is 2. The highest BCUT2D eigenvalue weighted by Gasteiger charge is 2.65. The Morgan fingerprint density at radius 2 is 0.525 bits per heavy atom. The van der Waals surface area contributed by atoms with Gasteiger partial charge >= 0.3 is 36.1 Å². The number of ether oxygens (including phenoxy) is 8. The van der Waals surface area contributed by atoms with Gasteiger partial charge in [-0.05, 0) is 0 Å². The van der Waals surface area contributed by atoms with E-state index in [1.165, 1.54) is 0 Å². The molecule has 0 spiro atoms. The standard InChI is InChI=1S/C20H28F10O10/c21-17(22,19(25,26)27)15(31)39-13-11-37-9-7-35-5-3-33-1-2-34-4-6-36-8-10-38-12-14-40-16(32)18(23,24)20(28,29)30/h1-14H2. The highest BCUT2D eigenvalue weighted by Crippen LogP contribution is 2.37. The van der Waals surface area contributed by atoms with Gasteiger partial charge in [0.15, 0.2) is 0 Å². The van der Waals surface area contributed by atoms with E-state index in [9.17, 15) is 53.5 Å². The Morgan fingerprint density at radius 1 is 0.350 bits per heavy atom. The van der Waals surface area contributed by atoms with Crippen molar-refractivity contribution in [2.24, 2.45) is 0 Å². The third-order valence-electron chi connectivity index (χ3n) is 4.01. The van der Waals surface area contributed by atoms with Crippen LogP contribution < -0.4 is 0 Å². The molecule has 40 heavy (non-hydrogen) atoms. The lowest BCUT2D eigenvalue weighted by Gasteiger charge is -2.17. The first-order valence-electron chi connectivity index (χ1n) is 11.2. The first-order chi connectivity index (χ1) is 18.5. The van der Waals surface area contributed by atoms with E-state index in [1.54, 1.807) is 0 Å². The molecule has 10 nitrogen and oxygen atoms in total. The van der Waals surface area contributed by atoms with Crippen LogP contribution in [-0.4, -0.2) is 129 Å². The molecule has 0 fully saturated rings. The van der Waals surface area contributed by atoms with E-state index in [1.807, 2.05) is 0 Å². The third kappa shape index (κ3) is 15.7. The van der Waals surface area contributed by atoms with Crippen LogP contribution in [0.1, 0.15) is 0 Å². The number of hydrogen-bond acceptors (Lipinski definition) is 10. The van der Waals surface area contributed by atoms with E-state index in [2.05, 4.69) is 9.47 Å². The molecule has 0 aromatic rings. The fraction of sp³-hybridized carbons (Fsp3) is 0.900. The van der Waals surface area contributed by atoms with Crippen molar-refractivity contribution in [3.05, 3.63) is 0 Å². The van der Waals surface area contributed by atoms with Crippen molar-refractivity contribution in [2.75, 3.05) is 92.5 Å². The van der Waals surface area contributed by atoms with Crippen LogP contribution in [0.25, 0.3) is 0 Å². The largest absolute Gasteiger partial charge is 0.465 e. The fourth-order valence-corrected chi connectivity index (χ4v) is 2.00. The molecule has 0 aliphatic heterocycles. The Kier molecular flexibility index (Phi) is 18.2. The summed E-state index contributed by atoms with van der Waals surface area (Å²) in [6.07, 6.45) is -12.1. The summed E-state index contributed by atoms with van der Waals surface area (Å²) in [6.45, 7) is -1.31. The molecule has 0 heterocycles. The van der Waals surface area contributed by atoms with Gasteiger partial charge in [-0.3, -0.25) is 0 Å². The molecule has 0 rings (SSSR count). The molecule has 238 valence electrons. The van der Waals surface area contributed by atoms with Crippen LogP contribution in [0.15, 0.2) is 0 Å². The van der Waals surface area contributed by atoms with E-state index in [-0.39, 0.29) is 66.1 Å². The van der Waals surface area contributed by atoms with Crippen molar-refractivity contribution >= 4 is 11.9 Å². The maximum Gasteiger partial charge on any atom is 0.465 e. The molecular formula is C20H28F10O10. The SMILES string of the molecule is O=C(OCCOCCOCCOCCOCCOCCOCCOC(=O)C(F)(F)C(F)(F)F)C(F)(F)C(F)(F)F. The Morgan fingerprint density at radius 3 is 0.700 bits per heavy atom. The van der Waals surface area contributed by atoms with Crippen LogP contribution >= 0.6 is 0 Å². The first-order valence-corrected chi connectivity index (χ1v) is 11.2. The summed E-state index contributed by atoms with van der Waals surface area (Å²) in [6, 6.07) is 0. The van der Waals surface area contributed by atoms with Crippen LogP contribution in [0.2, 0.25) is 0 Å². The predicted molar refractivity (Wildman–Crippen MR) is 109 cm³/mol. The summed E-state index contributed by atoms with van der Waals surface area (Å²) in [4.78, 5) is 21.4. The zero-order valence-corrected chi connectivity index (χ0v) is 20.8. The summed E-state index contributed by atoms with van der Waals surface area (Å²) in [5.41, 5.74) is 0. The van der Waals surface area contributed by atoms with Gasteiger partial charge in [0.25, 0.3) is 0 Å². The van der Waals surface area contributed by atoms with Crippen molar-refractivity contribution in [3.63, 3.8) is 0 Å². The van der Waals surface area contributed by atoms with Gasteiger partial charge in [-0.15, -0.1) is 0 Å². The second-order valence-corrected chi connectivity index (χ2v) is 7.09. The summed E-state index contributed by atoms with van der Waals surface area (Å²) in [5, 5.41) is 0. The highest BCUT2D eigenvalue weighted by molar-refractivity contribution is 5.79. The normalized spacial score (nSPS) is 12.9. The summed E-state index contributed by atoms with van der Waals surface area (Å²) >= 11 is 0. The van der Waals surface area contributed by atoms with Gasteiger partial charge in [0.1, 0.15) is 13.2 Å². The van der Waals surface area contributed by atoms with Crippen molar-refractivity contribution in [3.8, 4) is 0 Å². The van der Waals surface area contributed by atoms with Gasteiger partial charge in [-0.1, -0.05) is 0 Å². The van der Waals surface area contributed by atoms with E-state index >= 15 is 0 Å². The molecule has 0 atom stereocenters. The Balaban J connectivity index is 3.39. The number of carbonyl (C=O) groups excluding carboxylic acids is 2. The molecule has 0 unspecified atom stereocenters. The van der Waals surface area contributed by atoms with E-state index < -0.39 is 62.6 Å². The summed E-state index contributed by atoms with van der Waals surface area (Å²) in [5.74, 6) is -16.6. The third-order valence-corrected chi connectivity index (χ3v) is 4.01. The molecule has 0 aromatic heterocycles. The number of halogens is 10. The van der Waals surface area contributed by atoms with Gasteiger partial charge in [0.2, 0.25) is 0 Å². The average Bonchev–Trinajstić information content (AvgIpc) is 2.85. The van der Waals surface area contributed by atoms with Crippen LogP contribution in [0.5, 0.6) is 0 Å². The topological polar surface area (TPSA) is 108 Å². The molecule has 0 saturated heterocycles. The molecule has 0 aliphatic carbocycles. The highest BCUT2D eigenvalue weighted by atomic mass is 19.4. The fourth-order valence-electron chi connectivity index (χ4n) is 2.00. The minimum Gasteiger partial charge on any atom is -0.459 e. The molecule has 0 amide bonds. The molecule has 20 heteroatoms. The van der Waals surface area contributed by atoms with Gasteiger partial charge in [-0.2, -0.15) is 43.9 Å². The van der Waals surface area contributed by atoms with E-state index in [0.29, 0.717) is 0 Å². The Hall–Kier alpha value is -2.00. The van der Waals surface area contributed by atoms with Gasteiger partial charge in [0, 0.05) is 0 Å². The van der Waals surface area contributed by atoms with Gasteiger partial charge < -0.3 is 37.9 Å². The number of hydrogen-bond donors (Lipinski definition) is 0. The number of rotatable bonds is 23. The molecule has 0 N–H and O–H groups in total. The van der Waals surface area contributed by atoms with Crippen LogP contribution in [0.4, 0.5) is 43.9 Å². The summed E-state index contributed by atoms with van der Waals surface area (Å²) in [7, 11) is 0. The van der Waals surface area contributed by atoms with Crippen molar-refractivity contribution < 1.29 is 91.4 Å². The van der Waals surface area contributed by atoms with E-state index in [0.717, 1.165) is 0 Å². The van der Waals surface area contributed by atoms with E-state index in [4.69, 9.17) is 28.4 Å². The maximum atomic E-state index is 12.6. The monoisotopic (exact) mass is 618 g/mol. The second kappa shape index (κ2) is 19.2. The van der Waals surface area contributed by atoms with Crippen LogP contribution in [0.3, 0.4) is 0 Å². The Labute approximate surface area is 221 Å². The average molecular weight is 618 g/mol. The molecule has 0 bridgehead atoms. The molecule has 0 aromatic carbocycles. The van der Waals surface area contributed by atoms with Gasteiger partial charge in [-0.25, -0.2) is 9.59 Å². The Bertz CT molecular complexity index is 647. The quantitative estimate of drug-likeness (QED) is 0.0964. The van der Waals surface area contributed by atoms with Crippen LogP contribution in [0, 0.1) is 0 Å². The minimum absolute atomic E-state index is 0.0459. The van der Waals surface area contributed by atoms with Crippen molar-refractivity contribution in [1.29, 1.82) is 0 Å². The lowest BCUT2D eigenvalue weighted by molar-refractivity contribution is -0.281. The molecule has 0 saturated carbocycles. The second-order valence-electron chi connectivity index (χ2n) is 7.09. The van der Waals surface area contributed by atoms with Crippen molar-refractivity contribution in [1.82, 2.24) is 0 Å². The summed E-state index contributed by atoms with van der Waals surface area (Å²) < 4.78 is 160.